The molecule has 110 valence electrons. The third kappa shape index (κ3) is 3.85. The van der Waals surface area contributed by atoms with Crippen molar-refractivity contribution in [3.8, 4) is 0 Å². The van der Waals surface area contributed by atoms with Crippen LogP contribution in [0.1, 0.15) is 34.1 Å². The SMILES string of the molecule is CC(C)CC(C)N(C)C(=O)N1CC(C(C)C(=O)O)C1. The Morgan fingerprint density at radius 1 is 1.26 bits per heavy atom. The number of hydrogen-bond donors (Lipinski definition) is 1. The minimum Gasteiger partial charge on any atom is -0.481 e. The largest absolute Gasteiger partial charge is 0.481 e. The molecule has 1 rings (SSSR count). The summed E-state index contributed by atoms with van der Waals surface area (Å²) in [5, 5.41) is 8.92. The quantitative estimate of drug-likeness (QED) is 0.832. The Balaban J connectivity index is 2.43. The van der Waals surface area contributed by atoms with Gasteiger partial charge in [-0.15, -0.1) is 0 Å². The van der Waals surface area contributed by atoms with Crippen LogP contribution in [0.25, 0.3) is 0 Å². The van der Waals surface area contributed by atoms with Crippen molar-refractivity contribution in [3.63, 3.8) is 0 Å². The minimum absolute atomic E-state index is 0.0157. The summed E-state index contributed by atoms with van der Waals surface area (Å²) in [7, 11) is 1.82. The van der Waals surface area contributed by atoms with Crippen molar-refractivity contribution in [3.05, 3.63) is 0 Å². The van der Waals surface area contributed by atoms with Gasteiger partial charge in [0.1, 0.15) is 0 Å². The van der Waals surface area contributed by atoms with Crippen molar-refractivity contribution in [2.45, 2.75) is 40.2 Å². The average Bonchev–Trinajstić information content (AvgIpc) is 2.24. The summed E-state index contributed by atoms with van der Waals surface area (Å²) in [6, 6.07) is 0.227. The summed E-state index contributed by atoms with van der Waals surface area (Å²) >= 11 is 0. The molecular weight excluding hydrogens is 244 g/mol. The third-order valence-corrected chi connectivity index (χ3v) is 4.05. The summed E-state index contributed by atoms with van der Waals surface area (Å²) in [5.74, 6) is -0.502. The number of hydrogen-bond acceptors (Lipinski definition) is 2. The second-order valence-electron chi connectivity index (χ2n) is 6.16. The van der Waals surface area contributed by atoms with E-state index in [4.69, 9.17) is 5.11 Å². The number of carboxylic acids is 1. The predicted octanol–water partition coefficient (Wildman–Crippen LogP) is 2.13. The van der Waals surface area contributed by atoms with E-state index in [0.29, 0.717) is 19.0 Å². The van der Waals surface area contributed by atoms with E-state index in [9.17, 15) is 9.59 Å². The van der Waals surface area contributed by atoms with E-state index < -0.39 is 5.97 Å². The standard InChI is InChI=1S/C14H26N2O3/c1-9(2)6-10(3)15(5)14(19)16-7-12(8-16)11(4)13(17)18/h9-12H,6-8H2,1-5H3,(H,17,18). The highest BCUT2D eigenvalue weighted by Gasteiger charge is 2.38. The van der Waals surface area contributed by atoms with E-state index >= 15 is 0 Å². The van der Waals surface area contributed by atoms with Crippen molar-refractivity contribution >= 4 is 12.0 Å². The number of aliphatic carboxylic acids is 1. The molecule has 1 aliphatic rings. The zero-order valence-corrected chi connectivity index (χ0v) is 12.6. The van der Waals surface area contributed by atoms with Gasteiger partial charge in [0.2, 0.25) is 0 Å². The Kier molecular flexibility index (Phi) is 5.20. The Labute approximate surface area is 115 Å². The first-order valence-corrected chi connectivity index (χ1v) is 6.98. The number of carbonyl (C=O) groups excluding carboxylic acids is 1. The second-order valence-corrected chi connectivity index (χ2v) is 6.16. The first-order chi connectivity index (χ1) is 8.73. The van der Waals surface area contributed by atoms with Crippen molar-refractivity contribution in [1.29, 1.82) is 0 Å². The van der Waals surface area contributed by atoms with Gasteiger partial charge in [0, 0.05) is 32.1 Å². The molecule has 1 N–H and O–H groups in total. The van der Waals surface area contributed by atoms with Crippen LogP contribution in [-0.4, -0.2) is 53.1 Å². The molecule has 0 aromatic heterocycles. The number of nitrogens with zero attached hydrogens (tertiary/aromatic N) is 2. The maximum Gasteiger partial charge on any atom is 0.320 e. The molecular formula is C14H26N2O3. The first kappa shape index (κ1) is 15.8. The van der Waals surface area contributed by atoms with Gasteiger partial charge in [0.25, 0.3) is 0 Å². The highest BCUT2D eigenvalue weighted by molar-refractivity contribution is 5.76. The molecule has 1 fully saturated rings. The fourth-order valence-corrected chi connectivity index (χ4v) is 2.44. The van der Waals surface area contributed by atoms with Crippen LogP contribution in [0, 0.1) is 17.8 Å². The highest BCUT2D eigenvalue weighted by atomic mass is 16.4. The first-order valence-electron chi connectivity index (χ1n) is 6.98. The summed E-state index contributed by atoms with van der Waals surface area (Å²) in [6.07, 6.45) is 0.977. The number of amides is 2. The maximum absolute atomic E-state index is 12.2. The monoisotopic (exact) mass is 270 g/mol. The summed E-state index contributed by atoms with van der Waals surface area (Å²) < 4.78 is 0. The molecule has 1 heterocycles. The Hall–Kier alpha value is -1.26. The van der Waals surface area contributed by atoms with Crippen LogP contribution in [0.5, 0.6) is 0 Å². The smallest absolute Gasteiger partial charge is 0.320 e. The van der Waals surface area contributed by atoms with Gasteiger partial charge in [-0.05, 0) is 19.3 Å². The Bertz CT molecular complexity index is 338. The molecule has 2 atom stereocenters. The van der Waals surface area contributed by atoms with Crippen LogP contribution in [0.3, 0.4) is 0 Å². The molecule has 0 aliphatic carbocycles. The van der Waals surface area contributed by atoms with Gasteiger partial charge in [-0.1, -0.05) is 20.8 Å². The molecule has 0 bridgehead atoms. The zero-order chi connectivity index (χ0) is 14.7. The number of carboxylic acid groups (broad SMARTS) is 1. The van der Waals surface area contributed by atoms with Gasteiger partial charge in [-0.2, -0.15) is 0 Å². The summed E-state index contributed by atoms with van der Waals surface area (Å²) in [4.78, 5) is 26.6. The molecule has 5 heteroatoms. The van der Waals surface area contributed by atoms with E-state index in [1.165, 1.54) is 0 Å². The second kappa shape index (κ2) is 6.26. The van der Waals surface area contributed by atoms with Crippen LogP contribution in [-0.2, 0) is 4.79 Å². The van der Waals surface area contributed by atoms with Crippen LogP contribution in [0.4, 0.5) is 4.79 Å². The number of carbonyl (C=O) groups is 2. The molecule has 1 saturated heterocycles. The van der Waals surface area contributed by atoms with Gasteiger partial charge < -0.3 is 14.9 Å². The Morgan fingerprint density at radius 2 is 1.79 bits per heavy atom. The van der Waals surface area contributed by atoms with Gasteiger partial charge >= 0.3 is 12.0 Å². The van der Waals surface area contributed by atoms with Crippen molar-refractivity contribution < 1.29 is 14.7 Å². The lowest BCUT2D eigenvalue weighted by molar-refractivity contribution is -0.144. The van der Waals surface area contributed by atoms with E-state index in [1.807, 2.05) is 7.05 Å². The van der Waals surface area contributed by atoms with Crippen molar-refractivity contribution in [2.24, 2.45) is 17.8 Å². The lowest BCUT2D eigenvalue weighted by Gasteiger charge is -2.44. The highest BCUT2D eigenvalue weighted by Crippen LogP contribution is 2.25. The number of likely N-dealkylation sites (tertiary alicyclic amines) is 1. The summed E-state index contributed by atoms with van der Waals surface area (Å²) in [6.45, 7) is 9.16. The van der Waals surface area contributed by atoms with Crippen LogP contribution in [0.2, 0.25) is 0 Å². The van der Waals surface area contributed by atoms with E-state index in [-0.39, 0.29) is 23.9 Å². The molecule has 0 radical (unpaired) electrons. The summed E-state index contributed by atoms with van der Waals surface area (Å²) in [5.41, 5.74) is 0. The van der Waals surface area contributed by atoms with E-state index in [0.717, 1.165) is 6.42 Å². The fraction of sp³-hybridized carbons (Fsp3) is 0.857. The zero-order valence-electron chi connectivity index (χ0n) is 12.6. The fourth-order valence-electron chi connectivity index (χ4n) is 2.44. The topological polar surface area (TPSA) is 60.9 Å². The molecule has 19 heavy (non-hydrogen) atoms. The van der Waals surface area contributed by atoms with Gasteiger partial charge in [-0.25, -0.2) is 4.79 Å². The number of rotatable bonds is 5. The molecule has 0 aromatic rings. The van der Waals surface area contributed by atoms with Gasteiger partial charge in [0.05, 0.1) is 5.92 Å². The van der Waals surface area contributed by atoms with Crippen LogP contribution < -0.4 is 0 Å². The molecule has 2 amide bonds. The van der Waals surface area contributed by atoms with E-state index in [1.54, 1.807) is 16.7 Å². The minimum atomic E-state index is -0.779. The number of urea groups is 1. The normalized spacial score (nSPS) is 18.9. The van der Waals surface area contributed by atoms with E-state index in [2.05, 4.69) is 20.8 Å². The molecule has 0 saturated carbocycles. The lowest BCUT2D eigenvalue weighted by Crippen LogP contribution is -2.57. The molecule has 2 unspecified atom stereocenters. The van der Waals surface area contributed by atoms with Gasteiger partial charge in [0.15, 0.2) is 0 Å². The maximum atomic E-state index is 12.2. The lowest BCUT2D eigenvalue weighted by atomic mass is 9.87. The van der Waals surface area contributed by atoms with Gasteiger partial charge in [-0.3, -0.25) is 4.79 Å². The molecule has 1 aliphatic heterocycles. The molecule has 0 aromatic carbocycles. The predicted molar refractivity (Wildman–Crippen MR) is 73.9 cm³/mol. The average molecular weight is 270 g/mol. The van der Waals surface area contributed by atoms with Crippen molar-refractivity contribution in [1.82, 2.24) is 9.80 Å². The van der Waals surface area contributed by atoms with Crippen molar-refractivity contribution in [2.75, 3.05) is 20.1 Å². The Morgan fingerprint density at radius 3 is 2.21 bits per heavy atom. The molecule has 0 spiro atoms. The molecule has 5 nitrogen and oxygen atoms in total. The van der Waals surface area contributed by atoms with Crippen LogP contribution >= 0.6 is 0 Å². The van der Waals surface area contributed by atoms with Crippen LogP contribution in [0.15, 0.2) is 0 Å². The third-order valence-electron chi connectivity index (χ3n) is 4.05.